The van der Waals surface area contributed by atoms with E-state index in [9.17, 15) is 22.4 Å². The van der Waals surface area contributed by atoms with E-state index < -0.39 is 26.6 Å². The molecule has 35 heavy (non-hydrogen) atoms. The minimum absolute atomic E-state index is 0.00115. The normalized spacial score (nSPS) is 22.8. The Morgan fingerprint density at radius 3 is 2.37 bits per heavy atom. The Morgan fingerprint density at radius 2 is 1.69 bits per heavy atom. The van der Waals surface area contributed by atoms with Crippen LogP contribution in [0.15, 0.2) is 72.8 Å². The van der Waals surface area contributed by atoms with Crippen molar-refractivity contribution < 1.29 is 22.4 Å². The molecule has 0 radical (unpaired) electrons. The Balaban J connectivity index is 1.23. The molecule has 1 aliphatic heterocycles. The van der Waals surface area contributed by atoms with Crippen molar-refractivity contribution >= 4 is 27.5 Å². The molecule has 1 spiro atoms. The quantitative estimate of drug-likeness (QED) is 0.566. The van der Waals surface area contributed by atoms with Gasteiger partial charge in [0, 0.05) is 17.2 Å². The Bertz CT molecular complexity index is 1450. The average molecular weight is 491 g/mol. The van der Waals surface area contributed by atoms with Gasteiger partial charge < -0.3 is 4.90 Å². The van der Waals surface area contributed by atoms with Crippen LogP contribution in [-0.4, -0.2) is 25.5 Å². The second-order valence-electron chi connectivity index (χ2n) is 9.56. The number of halogens is 1. The van der Waals surface area contributed by atoms with Crippen LogP contribution in [-0.2, 0) is 26.8 Å². The minimum Gasteiger partial charge on any atom is -0.307 e. The number of rotatable bonds is 6. The maximum absolute atomic E-state index is 13.7. The van der Waals surface area contributed by atoms with Crippen molar-refractivity contribution in [3.63, 3.8) is 0 Å². The lowest BCUT2D eigenvalue weighted by molar-refractivity contribution is -0.120. The predicted octanol–water partition coefficient (Wildman–Crippen LogP) is 4.02. The second kappa shape index (κ2) is 7.75. The SMILES string of the molecule is O=C(NS(=O)(=O)C1CC1)c1ccc(CN2C(=O)C3(CC3c3ccc(F)cc3)c3ccccc32)cc1. The summed E-state index contributed by atoms with van der Waals surface area (Å²) in [7, 11) is -3.61. The lowest BCUT2D eigenvalue weighted by Crippen LogP contribution is -2.33. The molecule has 3 aromatic rings. The number of benzene rings is 3. The van der Waals surface area contributed by atoms with Gasteiger partial charge in [0.2, 0.25) is 15.9 Å². The smallest absolute Gasteiger partial charge is 0.264 e. The molecule has 1 N–H and O–H groups in total. The van der Waals surface area contributed by atoms with Gasteiger partial charge in [0.15, 0.2) is 0 Å². The fourth-order valence-electron chi connectivity index (χ4n) is 5.20. The Hall–Kier alpha value is -3.52. The number of carbonyl (C=O) groups excluding carboxylic acids is 2. The van der Waals surface area contributed by atoms with Crippen LogP contribution in [0, 0.1) is 5.82 Å². The van der Waals surface area contributed by atoms with E-state index in [2.05, 4.69) is 4.72 Å². The van der Waals surface area contributed by atoms with E-state index in [1.807, 2.05) is 24.3 Å². The summed E-state index contributed by atoms with van der Waals surface area (Å²) in [5, 5.41) is -0.472. The first kappa shape index (κ1) is 22.0. The molecule has 2 unspecified atom stereocenters. The van der Waals surface area contributed by atoms with E-state index in [1.165, 1.54) is 12.1 Å². The van der Waals surface area contributed by atoms with Gasteiger partial charge in [0.1, 0.15) is 5.82 Å². The number of sulfonamides is 1. The highest BCUT2D eigenvalue weighted by molar-refractivity contribution is 7.91. The lowest BCUT2D eigenvalue weighted by Gasteiger charge is -2.19. The van der Waals surface area contributed by atoms with Crippen molar-refractivity contribution in [2.24, 2.45) is 0 Å². The summed E-state index contributed by atoms with van der Waals surface area (Å²) >= 11 is 0. The topological polar surface area (TPSA) is 83.6 Å². The van der Waals surface area contributed by atoms with Crippen molar-refractivity contribution in [3.05, 3.63) is 101 Å². The van der Waals surface area contributed by atoms with Gasteiger partial charge in [-0.25, -0.2) is 17.5 Å². The molecule has 6 nitrogen and oxygen atoms in total. The maximum Gasteiger partial charge on any atom is 0.264 e. The fraction of sp³-hybridized carbons (Fsp3) is 0.259. The Morgan fingerprint density at radius 1 is 1.00 bits per heavy atom. The third-order valence-corrected chi connectivity index (χ3v) is 9.11. The molecule has 8 heteroatoms. The number of fused-ring (bicyclic) bond motifs is 2. The maximum atomic E-state index is 13.7. The highest BCUT2D eigenvalue weighted by Crippen LogP contribution is 2.66. The third kappa shape index (κ3) is 3.63. The summed E-state index contributed by atoms with van der Waals surface area (Å²) < 4.78 is 39.7. The van der Waals surface area contributed by atoms with E-state index in [1.54, 1.807) is 41.3 Å². The van der Waals surface area contributed by atoms with Gasteiger partial charge in [-0.2, -0.15) is 0 Å². The minimum atomic E-state index is -3.61. The number of nitrogens with one attached hydrogen (secondary N) is 1. The Labute approximate surface area is 202 Å². The molecule has 0 bridgehead atoms. The number of nitrogens with zero attached hydrogens (tertiary/aromatic N) is 1. The summed E-state index contributed by atoms with van der Waals surface area (Å²) in [6.07, 6.45) is 1.84. The molecule has 2 amide bonds. The molecule has 1 heterocycles. The van der Waals surface area contributed by atoms with Crippen molar-refractivity contribution in [3.8, 4) is 0 Å². The second-order valence-corrected chi connectivity index (χ2v) is 11.5. The summed E-state index contributed by atoms with van der Waals surface area (Å²) in [4.78, 5) is 27.9. The van der Waals surface area contributed by atoms with Gasteiger partial charge in [-0.05, 0) is 66.3 Å². The van der Waals surface area contributed by atoms with E-state index in [4.69, 9.17) is 0 Å². The molecular weight excluding hydrogens is 467 g/mol. The van der Waals surface area contributed by atoms with Crippen molar-refractivity contribution in [2.45, 2.75) is 42.4 Å². The van der Waals surface area contributed by atoms with Gasteiger partial charge in [0.05, 0.1) is 17.2 Å². The first-order valence-corrected chi connectivity index (χ1v) is 13.2. The molecule has 2 saturated carbocycles. The molecule has 2 atom stereocenters. The summed E-state index contributed by atoms with van der Waals surface area (Å²) in [6.45, 7) is 0.329. The first-order chi connectivity index (χ1) is 16.8. The van der Waals surface area contributed by atoms with Gasteiger partial charge in [-0.15, -0.1) is 0 Å². The highest BCUT2D eigenvalue weighted by atomic mass is 32.2. The largest absolute Gasteiger partial charge is 0.307 e. The molecule has 3 aromatic carbocycles. The molecule has 0 aromatic heterocycles. The number of amides is 2. The zero-order chi connectivity index (χ0) is 24.4. The van der Waals surface area contributed by atoms with E-state index in [0.29, 0.717) is 25.8 Å². The van der Waals surface area contributed by atoms with Crippen LogP contribution in [0.5, 0.6) is 0 Å². The standard InChI is InChI=1S/C27H23FN2O4S/c28-20-11-9-18(10-12-20)23-15-27(23)22-3-1-2-4-24(22)30(26(27)32)16-17-5-7-19(8-6-17)25(31)29-35(33,34)21-13-14-21/h1-12,21,23H,13-16H2,(H,29,31). The molecule has 3 aliphatic rings. The van der Waals surface area contributed by atoms with Gasteiger partial charge in [0.25, 0.3) is 5.91 Å². The van der Waals surface area contributed by atoms with Gasteiger partial charge in [-0.3, -0.25) is 9.59 Å². The first-order valence-electron chi connectivity index (χ1n) is 11.6. The van der Waals surface area contributed by atoms with Gasteiger partial charge >= 0.3 is 0 Å². The molecule has 2 aliphatic carbocycles. The van der Waals surface area contributed by atoms with Crippen LogP contribution in [0.4, 0.5) is 10.1 Å². The summed E-state index contributed by atoms with van der Waals surface area (Å²) in [5.74, 6) is -0.929. The number of hydrogen-bond acceptors (Lipinski definition) is 4. The number of hydrogen-bond donors (Lipinski definition) is 1. The molecule has 178 valence electrons. The average Bonchev–Trinajstić information content (AvgIpc) is 3.76. The predicted molar refractivity (Wildman–Crippen MR) is 129 cm³/mol. The lowest BCUT2D eigenvalue weighted by atomic mass is 9.92. The summed E-state index contributed by atoms with van der Waals surface area (Å²) in [5.41, 5.74) is 3.24. The van der Waals surface area contributed by atoms with E-state index in [-0.39, 0.29) is 23.2 Å². The van der Waals surface area contributed by atoms with E-state index >= 15 is 0 Å². The van der Waals surface area contributed by atoms with Crippen LogP contribution < -0.4 is 9.62 Å². The zero-order valence-corrected chi connectivity index (χ0v) is 19.6. The van der Waals surface area contributed by atoms with Crippen molar-refractivity contribution in [1.29, 1.82) is 0 Å². The third-order valence-electron chi connectivity index (χ3n) is 7.29. The van der Waals surface area contributed by atoms with Crippen LogP contribution in [0.2, 0.25) is 0 Å². The summed E-state index contributed by atoms with van der Waals surface area (Å²) in [6, 6.07) is 20.8. The monoisotopic (exact) mass is 490 g/mol. The molecular formula is C27H23FN2O4S. The number of anilines is 1. The van der Waals surface area contributed by atoms with E-state index in [0.717, 1.165) is 22.4 Å². The van der Waals surface area contributed by atoms with Crippen molar-refractivity contribution in [2.75, 3.05) is 4.90 Å². The number of carbonyl (C=O) groups is 2. The molecule has 6 rings (SSSR count). The van der Waals surface area contributed by atoms with Gasteiger partial charge in [-0.1, -0.05) is 42.5 Å². The zero-order valence-electron chi connectivity index (χ0n) is 18.8. The molecule has 0 saturated heterocycles. The Kier molecular flexibility index (Phi) is 4.86. The fourth-order valence-corrected chi connectivity index (χ4v) is 6.50. The van der Waals surface area contributed by atoms with Crippen LogP contribution >= 0.6 is 0 Å². The molecule has 2 fully saturated rings. The van der Waals surface area contributed by atoms with Crippen LogP contribution in [0.1, 0.15) is 52.2 Å². The van der Waals surface area contributed by atoms with Crippen LogP contribution in [0.3, 0.4) is 0 Å². The van der Waals surface area contributed by atoms with Crippen molar-refractivity contribution in [1.82, 2.24) is 4.72 Å². The highest BCUT2D eigenvalue weighted by Gasteiger charge is 2.67. The van der Waals surface area contributed by atoms with Crippen LogP contribution in [0.25, 0.3) is 0 Å². The number of para-hydroxylation sites is 1.